The summed E-state index contributed by atoms with van der Waals surface area (Å²) in [6.07, 6.45) is 1.59. The minimum absolute atomic E-state index is 0.226. The lowest BCUT2D eigenvalue weighted by atomic mass is 10.1. The Morgan fingerprint density at radius 2 is 2.17 bits per heavy atom. The molecule has 0 fully saturated rings. The normalized spacial score (nSPS) is 12.2. The van der Waals surface area contributed by atoms with E-state index in [-0.39, 0.29) is 11.8 Å². The molecule has 3 heterocycles. The minimum atomic E-state index is -0.316. The second-order valence-corrected chi connectivity index (χ2v) is 5.87. The van der Waals surface area contributed by atoms with Crippen molar-refractivity contribution in [3.63, 3.8) is 0 Å². The van der Waals surface area contributed by atoms with Gasteiger partial charge < -0.3 is 15.4 Å². The van der Waals surface area contributed by atoms with E-state index in [2.05, 4.69) is 15.6 Å². The van der Waals surface area contributed by atoms with Crippen molar-refractivity contribution in [2.75, 3.05) is 10.6 Å². The van der Waals surface area contributed by atoms with Crippen molar-refractivity contribution in [3.8, 4) is 11.6 Å². The molecule has 0 atom stereocenters. The standard InChI is InChI=1S/C17H11N3O3S/c21-15(10-5-7-24-9-10)19-11-3-4-14-12(8-11)16(22)20-13-2-1-6-18-17(13)23-14/h1-9H,(H,19,21)(H,20,22). The molecule has 1 aliphatic rings. The van der Waals surface area contributed by atoms with Gasteiger partial charge in [0.05, 0.1) is 11.1 Å². The SMILES string of the molecule is O=C(Nc1ccc2c(c1)C(=O)Nc1cccnc1O2)c1ccsc1. The van der Waals surface area contributed by atoms with Crippen LogP contribution in [0.2, 0.25) is 0 Å². The molecule has 7 heteroatoms. The lowest BCUT2D eigenvalue weighted by Crippen LogP contribution is -2.13. The molecule has 0 saturated heterocycles. The van der Waals surface area contributed by atoms with Gasteiger partial charge in [-0.15, -0.1) is 0 Å². The van der Waals surface area contributed by atoms with Crippen LogP contribution in [0.25, 0.3) is 0 Å². The maximum Gasteiger partial charge on any atom is 0.259 e. The molecule has 24 heavy (non-hydrogen) atoms. The Morgan fingerprint density at radius 3 is 3.00 bits per heavy atom. The summed E-state index contributed by atoms with van der Waals surface area (Å²) in [6, 6.07) is 10.1. The van der Waals surface area contributed by atoms with E-state index < -0.39 is 0 Å². The van der Waals surface area contributed by atoms with Gasteiger partial charge in [-0.25, -0.2) is 4.98 Å². The first-order valence-electron chi connectivity index (χ1n) is 7.12. The highest BCUT2D eigenvalue weighted by Crippen LogP contribution is 2.34. The number of anilines is 2. The summed E-state index contributed by atoms with van der Waals surface area (Å²) in [4.78, 5) is 28.6. The van der Waals surface area contributed by atoms with Crippen LogP contribution in [0.1, 0.15) is 20.7 Å². The van der Waals surface area contributed by atoms with E-state index in [0.717, 1.165) is 0 Å². The maximum atomic E-state index is 12.4. The molecule has 2 N–H and O–H groups in total. The van der Waals surface area contributed by atoms with Crippen LogP contribution < -0.4 is 15.4 Å². The van der Waals surface area contributed by atoms with Crippen molar-refractivity contribution in [1.82, 2.24) is 4.98 Å². The Balaban J connectivity index is 1.65. The zero-order valence-corrected chi connectivity index (χ0v) is 13.1. The summed E-state index contributed by atoms with van der Waals surface area (Å²) in [5.41, 5.74) is 1.92. The highest BCUT2D eigenvalue weighted by molar-refractivity contribution is 7.08. The first kappa shape index (κ1) is 14.4. The van der Waals surface area contributed by atoms with E-state index in [4.69, 9.17) is 4.74 Å². The van der Waals surface area contributed by atoms with E-state index in [0.29, 0.717) is 34.1 Å². The van der Waals surface area contributed by atoms with Crippen molar-refractivity contribution >= 4 is 34.5 Å². The molecule has 118 valence electrons. The molecule has 4 rings (SSSR count). The topological polar surface area (TPSA) is 80.3 Å². The van der Waals surface area contributed by atoms with Crippen molar-refractivity contribution < 1.29 is 14.3 Å². The monoisotopic (exact) mass is 337 g/mol. The third kappa shape index (κ3) is 2.61. The van der Waals surface area contributed by atoms with E-state index in [9.17, 15) is 9.59 Å². The number of amides is 2. The van der Waals surface area contributed by atoms with Crippen LogP contribution in [0.4, 0.5) is 11.4 Å². The van der Waals surface area contributed by atoms with E-state index in [1.54, 1.807) is 48.0 Å². The fourth-order valence-electron chi connectivity index (χ4n) is 2.33. The van der Waals surface area contributed by atoms with Gasteiger partial charge in [0, 0.05) is 17.3 Å². The molecule has 0 spiro atoms. The second kappa shape index (κ2) is 5.78. The Hall–Kier alpha value is -3.19. The predicted molar refractivity (Wildman–Crippen MR) is 91.0 cm³/mol. The number of nitrogens with zero attached hydrogens (tertiary/aromatic N) is 1. The van der Waals surface area contributed by atoms with Gasteiger partial charge in [0.15, 0.2) is 0 Å². The quantitative estimate of drug-likeness (QED) is 0.746. The van der Waals surface area contributed by atoms with Crippen LogP contribution >= 0.6 is 11.3 Å². The molecule has 1 aliphatic heterocycles. The van der Waals surface area contributed by atoms with Crippen LogP contribution in [-0.2, 0) is 0 Å². The first-order valence-corrected chi connectivity index (χ1v) is 8.07. The van der Waals surface area contributed by atoms with Crippen LogP contribution in [0.3, 0.4) is 0 Å². The number of hydrogen-bond donors (Lipinski definition) is 2. The molecule has 2 amide bonds. The number of pyridine rings is 1. The predicted octanol–water partition coefficient (Wildman–Crippen LogP) is 3.75. The number of carbonyl (C=O) groups excluding carboxylic acids is 2. The lowest BCUT2D eigenvalue weighted by Gasteiger charge is -2.09. The van der Waals surface area contributed by atoms with Crippen molar-refractivity contribution in [2.45, 2.75) is 0 Å². The Labute approximate surface area is 141 Å². The summed E-state index contributed by atoms with van der Waals surface area (Å²) in [6.45, 7) is 0. The van der Waals surface area contributed by atoms with Gasteiger partial charge in [-0.3, -0.25) is 9.59 Å². The fraction of sp³-hybridized carbons (Fsp3) is 0. The fourth-order valence-corrected chi connectivity index (χ4v) is 2.97. The molecule has 1 aromatic carbocycles. The minimum Gasteiger partial charge on any atom is -0.436 e. The van der Waals surface area contributed by atoms with Crippen LogP contribution in [-0.4, -0.2) is 16.8 Å². The number of thiophene rings is 1. The number of fused-ring (bicyclic) bond motifs is 2. The molecule has 3 aromatic rings. The average Bonchev–Trinajstić information content (AvgIpc) is 3.08. The lowest BCUT2D eigenvalue weighted by molar-refractivity contribution is 0.101. The molecular formula is C17H11N3O3S. The van der Waals surface area contributed by atoms with Crippen molar-refractivity contribution in [3.05, 3.63) is 64.5 Å². The van der Waals surface area contributed by atoms with Crippen molar-refractivity contribution in [2.24, 2.45) is 0 Å². The first-order chi connectivity index (χ1) is 11.7. The summed E-state index contributed by atoms with van der Waals surface area (Å²) in [7, 11) is 0. The average molecular weight is 337 g/mol. The van der Waals surface area contributed by atoms with Crippen LogP contribution in [0.5, 0.6) is 11.6 Å². The van der Waals surface area contributed by atoms with E-state index >= 15 is 0 Å². The molecule has 2 aromatic heterocycles. The molecular weight excluding hydrogens is 326 g/mol. The number of rotatable bonds is 2. The summed E-state index contributed by atoms with van der Waals surface area (Å²) < 4.78 is 5.70. The molecule has 0 aliphatic carbocycles. The number of aromatic nitrogens is 1. The third-order valence-electron chi connectivity index (χ3n) is 3.49. The zero-order chi connectivity index (χ0) is 16.5. The van der Waals surface area contributed by atoms with Crippen LogP contribution in [0, 0.1) is 0 Å². The molecule has 0 radical (unpaired) electrons. The van der Waals surface area contributed by atoms with Gasteiger partial charge in [0.1, 0.15) is 11.4 Å². The van der Waals surface area contributed by atoms with Gasteiger partial charge in [-0.2, -0.15) is 11.3 Å². The van der Waals surface area contributed by atoms with Gasteiger partial charge in [-0.05, 0) is 41.8 Å². The van der Waals surface area contributed by atoms with Crippen molar-refractivity contribution in [1.29, 1.82) is 0 Å². The Morgan fingerprint density at radius 1 is 1.25 bits per heavy atom. The number of carbonyl (C=O) groups is 2. The van der Waals surface area contributed by atoms with Gasteiger partial charge in [-0.1, -0.05) is 0 Å². The number of benzene rings is 1. The third-order valence-corrected chi connectivity index (χ3v) is 4.17. The smallest absolute Gasteiger partial charge is 0.259 e. The summed E-state index contributed by atoms with van der Waals surface area (Å²) in [5, 5.41) is 9.11. The summed E-state index contributed by atoms with van der Waals surface area (Å²) in [5.74, 6) is 0.178. The van der Waals surface area contributed by atoms with Gasteiger partial charge in [0.2, 0.25) is 5.88 Å². The Kier molecular flexibility index (Phi) is 3.47. The zero-order valence-electron chi connectivity index (χ0n) is 12.3. The second-order valence-electron chi connectivity index (χ2n) is 5.09. The Bertz CT molecular complexity index is 938. The van der Waals surface area contributed by atoms with Gasteiger partial charge in [0.25, 0.3) is 11.8 Å². The van der Waals surface area contributed by atoms with Gasteiger partial charge >= 0.3 is 0 Å². The number of nitrogens with one attached hydrogen (secondary N) is 2. The number of ether oxygens (including phenoxy) is 1. The maximum absolute atomic E-state index is 12.4. The highest BCUT2D eigenvalue weighted by atomic mass is 32.1. The number of hydrogen-bond acceptors (Lipinski definition) is 5. The highest BCUT2D eigenvalue weighted by Gasteiger charge is 2.22. The molecule has 0 bridgehead atoms. The van der Waals surface area contributed by atoms with Crippen LogP contribution in [0.15, 0.2) is 53.4 Å². The van der Waals surface area contributed by atoms with E-state index in [1.165, 1.54) is 11.3 Å². The molecule has 0 unspecified atom stereocenters. The van der Waals surface area contributed by atoms with E-state index in [1.807, 2.05) is 5.38 Å². The summed E-state index contributed by atoms with van der Waals surface area (Å²) >= 11 is 1.45. The largest absolute Gasteiger partial charge is 0.436 e. The molecule has 0 saturated carbocycles. The molecule has 6 nitrogen and oxygen atoms in total.